The third-order valence-corrected chi connectivity index (χ3v) is 3.64. The summed E-state index contributed by atoms with van der Waals surface area (Å²) >= 11 is 0. The van der Waals surface area contributed by atoms with Gasteiger partial charge in [-0.1, -0.05) is 0 Å². The van der Waals surface area contributed by atoms with Gasteiger partial charge in [0.05, 0.1) is 0 Å². The Morgan fingerprint density at radius 3 is 2.95 bits per heavy atom. The summed E-state index contributed by atoms with van der Waals surface area (Å²) in [5, 5.41) is 3.31. The standard InChI is InChI=1S/C14H16FN3O/c15-11-3-6-18-13(8-11)17-12(9-14(18)19)7-10-1-4-16-5-2-10/h3,6,8-10,16H,1-2,4-5,7H2. The predicted octanol–water partition coefficient (Wildman–Crippen LogP) is 1.38. The Bertz CT molecular complexity index is 647. The first-order valence-corrected chi connectivity index (χ1v) is 6.61. The van der Waals surface area contributed by atoms with Crippen LogP contribution in [-0.4, -0.2) is 22.5 Å². The second-order valence-corrected chi connectivity index (χ2v) is 5.06. The minimum absolute atomic E-state index is 0.145. The molecule has 0 saturated carbocycles. The second kappa shape index (κ2) is 5.09. The number of hydrogen-bond donors (Lipinski definition) is 1. The molecule has 1 fully saturated rings. The fourth-order valence-corrected chi connectivity index (χ4v) is 2.61. The first-order chi connectivity index (χ1) is 9.22. The maximum absolute atomic E-state index is 13.2. The van der Waals surface area contributed by atoms with Gasteiger partial charge in [-0.25, -0.2) is 9.37 Å². The fraction of sp³-hybridized carbons (Fsp3) is 0.429. The minimum Gasteiger partial charge on any atom is -0.317 e. The minimum atomic E-state index is -0.370. The number of rotatable bonds is 2. The van der Waals surface area contributed by atoms with Gasteiger partial charge in [0.15, 0.2) is 0 Å². The SMILES string of the molecule is O=c1cc(CC2CCNCC2)nc2cc(F)ccn12. The molecule has 0 unspecified atom stereocenters. The molecule has 4 nitrogen and oxygen atoms in total. The monoisotopic (exact) mass is 261 g/mol. The van der Waals surface area contributed by atoms with Gasteiger partial charge in [0, 0.05) is 24.0 Å². The normalized spacial score (nSPS) is 16.9. The highest BCUT2D eigenvalue weighted by Gasteiger charge is 2.15. The molecular formula is C14H16FN3O. The average molecular weight is 261 g/mol. The van der Waals surface area contributed by atoms with E-state index >= 15 is 0 Å². The van der Waals surface area contributed by atoms with Crippen molar-refractivity contribution in [1.29, 1.82) is 0 Å². The van der Waals surface area contributed by atoms with Crippen molar-refractivity contribution >= 4 is 5.65 Å². The van der Waals surface area contributed by atoms with Crippen molar-refractivity contribution in [2.75, 3.05) is 13.1 Å². The van der Waals surface area contributed by atoms with E-state index in [9.17, 15) is 9.18 Å². The van der Waals surface area contributed by atoms with Crippen LogP contribution in [0.4, 0.5) is 4.39 Å². The summed E-state index contributed by atoms with van der Waals surface area (Å²) in [7, 11) is 0. The summed E-state index contributed by atoms with van der Waals surface area (Å²) < 4.78 is 14.6. The van der Waals surface area contributed by atoms with Gasteiger partial charge in [-0.05, 0) is 44.3 Å². The van der Waals surface area contributed by atoms with E-state index in [1.54, 1.807) is 6.07 Å². The molecule has 0 amide bonds. The highest BCUT2D eigenvalue weighted by atomic mass is 19.1. The highest BCUT2D eigenvalue weighted by Crippen LogP contribution is 2.16. The molecule has 3 rings (SSSR count). The Hall–Kier alpha value is -1.75. The molecule has 0 atom stereocenters. The number of piperidine rings is 1. The van der Waals surface area contributed by atoms with Crippen molar-refractivity contribution in [2.24, 2.45) is 5.92 Å². The van der Waals surface area contributed by atoms with Crippen LogP contribution in [-0.2, 0) is 6.42 Å². The van der Waals surface area contributed by atoms with Crippen molar-refractivity contribution in [1.82, 2.24) is 14.7 Å². The van der Waals surface area contributed by atoms with Crippen molar-refractivity contribution in [3.63, 3.8) is 0 Å². The summed E-state index contributed by atoms with van der Waals surface area (Å²) in [6, 6.07) is 4.13. The maximum atomic E-state index is 13.2. The third-order valence-electron chi connectivity index (χ3n) is 3.64. The van der Waals surface area contributed by atoms with Crippen molar-refractivity contribution in [2.45, 2.75) is 19.3 Å². The molecular weight excluding hydrogens is 245 g/mol. The first-order valence-electron chi connectivity index (χ1n) is 6.61. The number of pyridine rings is 1. The van der Waals surface area contributed by atoms with Crippen LogP contribution in [0.5, 0.6) is 0 Å². The van der Waals surface area contributed by atoms with E-state index in [-0.39, 0.29) is 11.4 Å². The molecule has 2 aromatic rings. The van der Waals surface area contributed by atoms with Crippen LogP contribution in [0.25, 0.3) is 5.65 Å². The molecule has 3 heterocycles. The Kier molecular flexibility index (Phi) is 3.29. The van der Waals surface area contributed by atoms with Crippen LogP contribution in [0.3, 0.4) is 0 Å². The lowest BCUT2D eigenvalue weighted by Gasteiger charge is -2.22. The number of aromatic nitrogens is 2. The maximum Gasteiger partial charge on any atom is 0.258 e. The topological polar surface area (TPSA) is 46.4 Å². The molecule has 0 aromatic carbocycles. The number of fused-ring (bicyclic) bond motifs is 1. The molecule has 19 heavy (non-hydrogen) atoms. The molecule has 1 aliphatic rings. The van der Waals surface area contributed by atoms with Crippen LogP contribution in [0.1, 0.15) is 18.5 Å². The van der Waals surface area contributed by atoms with E-state index < -0.39 is 0 Å². The lowest BCUT2D eigenvalue weighted by Crippen LogP contribution is -2.29. The van der Waals surface area contributed by atoms with Gasteiger partial charge in [-0.2, -0.15) is 0 Å². The van der Waals surface area contributed by atoms with Crippen LogP contribution in [0.2, 0.25) is 0 Å². The van der Waals surface area contributed by atoms with Gasteiger partial charge in [-0.3, -0.25) is 9.20 Å². The van der Waals surface area contributed by atoms with Crippen LogP contribution in [0, 0.1) is 11.7 Å². The van der Waals surface area contributed by atoms with Gasteiger partial charge in [0.2, 0.25) is 0 Å². The average Bonchev–Trinajstić information content (AvgIpc) is 2.39. The zero-order chi connectivity index (χ0) is 13.2. The fourth-order valence-electron chi connectivity index (χ4n) is 2.61. The van der Waals surface area contributed by atoms with E-state index in [4.69, 9.17) is 0 Å². The second-order valence-electron chi connectivity index (χ2n) is 5.06. The zero-order valence-corrected chi connectivity index (χ0v) is 10.6. The summed E-state index contributed by atoms with van der Waals surface area (Å²) in [6.45, 7) is 2.04. The Labute approximate surface area is 110 Å². The summed E-state index contributed by atoms with van der Waals surface area (Å²) in [6.07, 6.45) is 4.42. The van der Waals surface area contributed by atoms with Crippen molar-refractivity contribution in [3.05, 3.63) is 46.3 Å². The van der Waals surface area contributed by atoms with Gasteiger partial charge in [0.1, 0.15) is 11.5 Å². The molecule has 0 aliphatic carbocycles. The zero-order valence-electron chi connectivity index (χ0n) is 10.6. The number of nitrogens with zero attached hydrogens (tertiary/aromatic N) is 2. The molecule has 1 N–H and O–H groups in total. The lowest BCUT2D eigenvalue weighted by molar-refractivity contribution is 0.370. The summed E-state index contributed by atoms with van der Waals surface area (Å²) in [5.41, 5.74) is 1.01. The first kappa shape index (κ1) is 12.3. The van der Waals surface area contributed by atoms with E-state index in [2.05, 4.69) is 10.3 Å². The summed E-state index contributed by atoms with van der Waals surface area (Å²) in [4.78, 5) is 16.3. The smallest absolute Gasteiger partial charge is 0.258 e. The van der Waals surface area contributed by atoms with E-state index in [1.165, 1.54) is 22.7 Å². The van der Waals surface area contributed by atoms with Gasteiger partial charge in [-0.15, -0.1) is 0 Å². The van der Waals surface area contributed by atoms with Crippen LogP contribution < -0.4 is 10.9 Å². The quantitative estimate of drug-likeness (QED) is 0.888. The van der Waals surface area contributed by atoms with E-state index in [1.807, 2.05) is 0 Å². The van der Waals surface area contributed by atoms with Crippen LogP contribution >= 0.6 is 0 Å². The highest BCUT2D eigenvalue weighted by molar-refractivity contribution is 5.38. The molecule has 2 aromatic heterocycles. The largest absolute Gasteiger partial charge is 0.317 e. The number of nitrogens with one attached hydrogen (secondary N) is 1. The predicted molar refractivity (Wildman–Crippen MR) is 70.7 cm³/mol. The van der Waals surface area contributed by atoms with E-state index in [0.717, 1.165) is 38.0 Å². The Morgan fingerprint density at radius 2 is 2.16 bits per heavy atom. The lowest BCUT2D eigenvalue weighted by atomic mass is 9.93. The third kappa shape index (κ3) is 2.66. The van der Waals surface area contributed by atoms with Gasteiger partial charge < -0.3 is 5.32 Å². The molecule has 0 spiro atoms. The van der Waals surface area contributed by atoms with E-state index in [0.29, 0.717) is 11.6 Å². The molecule has 1 saturated heterocycles. The van der Waals surface area contributed by atoms with Crippen LogP contribution in [0.15, 0.2) is 29.2 Å². The van der Waals surface area contributed by atoms with Crippen molar-refractivity contribution in [3.8, 4) is 0 Å². The Morgan fingerprint density at radius 1 is 1.37 bits per heavy atom. The molecule has 100 valence electrons. The number of hydrogen-bond acceptors (Lipinski definition) is 3. The van der Waals surface area contributed by atoms with Crippen molar-refractivity contribution < 1.29 is 4.39 Å². The Balaban J connectivity index is 1.93. The molecule has 5 heteroatoms. The molecule has 1 aliphatic heterocycles. The number of halogens is 1. The molecule has 0 bridgehead atoms. The molecule has 0 radical (unpaired) electrons. The summed E-state index contributed by atoms with van der Waals surface area (Å²) in [5.74, 6) is 0.190. The van der Waals surface area contributed by atoms with Gasteiger partial charge in [0.25, 0.3) is 5.56 Å². The van der Waals surface area contributed by atoms with Gasteiger partial charge >= 0.3 is 0 Å².